The fourth-order valence-corrected chi connectivity index (χ4v) is 7.08. The third kappa shape index (κ3) is 6.04. The Morgan fingerprint density at radius 2 is 1.45 bits per heavy atom. The van der Waals surface area contributed by atoms with E-state index in [4.69, 9.17) is 0 Å². The highest BCUT2D eigenvalue weighted by atomic mass is 19.4. The first-order valence-electron chi connectivity index (χ1n) is 14.8. The van der Waals surface area contributed by atoms with Crippen LogP contribution in [0.25, 0.3) is 10.9 Å². The molecule has 4 fully saturated rings. The van der Waals surface area contributed by atoms with Gasteiger partial charge in [-0.25, -0.2) is 4.79 Å². The number of fused-ring (bicyclic) bond motifs is 5. The molecule has 0 spiro atoms. The molecule has 7 rings (SSSR count). The van der Waals surface area contributed by atoms with Crippen molar-refractivity contribution in [3.8, 4) is 0 Å². The van der Waals surface area contributed by atoms with Crippen molar-refractivity contribution in [1.82, 2.24) is 19.7 Å². The minimum Gasteiger partial charge on any atom is -0.361 e. The molecule has 1 atom stereocenters. The summed E-state index contributed by atoms with van der Waals surface area (Å²) in [5.74, 6) is 2.57. The molecule has 6 nitrogen and oxygen atoms in total. The van der Waals surface area contributed by atoms with Crippen molar-refractivity contribution in [2.75, 3.05) is 32.7 Å². The minimum absolute atomic E-state index is 0.00926. The number of benzene rings is 2. The van der Waals surface area contributed by atoms with Gasteiger partial charge in [0.15, 0.2) is 11.8 Å². The number of nitrogens with one attached hydrogen (secondary N) is 1. The van der Waals surface area contributed by atoms with E-state index in [1.807, 2.05) is 29.2 Å². The highest BCUT2D eigenvalue weighted by molar-refractivity contribution is 5.95. The van der Waals surface area contributed by atoms with E-state index in [0.29, 0.717) is 29.8 Å². The number of rotatable bonds is 5. The largest absolute Gasteiger partial charge is 0.416 e. The van der Waals surface area contributed by atoms with E-state index in [0.717, 1.165) is 55.2 Å². The summed E-state index contributed by atoms with van der Waals surface area (Å²) in [6, 6.07) is 7.85. The summed E-state index contributed by atoms with van der Waals surface area (Å²) in [7, 11) is 0. The first-order valence-corrected chi connectivity index (χ1v) is 14.8. The number of hydrogen-bond donors (Lipinski definition) is 1. The predicted octanol–water partition coefficient (Wildman–Crippen LogP) is 6.37. The van der Waals surface area contributed by atoms with Crippen molar-refractivity contribution in [2.45, 2.75) is 50.5 Å². The Hall–Kier alpha value is -3.92. The topological polar surface area (TPSA) is 59.7 Å². The van der Waals surface area contributed by atoms with Crippen LogP contribution < -0.4 is 0 Å². The van der Waals surface area contributed by atoms with E-state index in [-0.39, 0.29) is 32.1 Å². The van der Waals surface area contributed by atoms with Gasteiger partial charge in [-0.05, 0) is 73.8 Å². The SMILES string of the molecule is O=C=C(N1CC2CCC(CC2)C1)N1CCN(C(=O)c2cc(C(F)(F)F)cc(C(F)(F)F)c2)[C@H](Cc2c[nH]c3ccccc23)C1. The van der Waals surface area contributed by atoms with Gasteiger partial charge in [-0.2, -0.15) is 26.3 Å². The molecule has 3 aromatic rings. The lowest BCUT2D eigenvalue weighted by molar-refractivity contribution is -0.143. The van der Waals surface area contributed by atoms with Crippen molar-refractivity contribution in [3.63, 3.8) is 0 Å². The van der Waals surface area contributed by atoms with E-state index in [2.05, 4.69) is 15.8 Å². The Labute approximate surface area is 250 Å². The number of hydrogen-bond acceptors (Lipinski definition) is 4. The van der Waals surface area contributed by atoms with Gasteiger partial charge in [-0.3, -0.25) is 4.79 Å². The van der Waals surface area contributed by atoms with Crippen LogP contribution in [-0.2, 0) is 23.6 Å². The molecular formula is C32H32F6N4O2. The van der Waals surface area contributed by atoms with E-state index in [1.165, 1.54) is 4.90 Å². The number of nitrogens with zero attached hydrogens (tertiary/aromatic N) is 3. The molecule has 2 bridgehead atoms. The molecule has 0 radical (unpaired) electrons. The third-order valence-corrected chi connectivity index (χ3v) is 9.32. The number of carbonyl (C=O) groups excluding carboxylic acids is 2. The smallest absolute Gasteiger partial charge is 0.361 e. The fraction of sp³-hybridized carbons (Fsp3) is 0.469. The second kappa shape index (κ2) is 11.5. The van der Waals surface area contributed by atoms with Gasteiger partial charge in [0.2, 0.25) is 0 Å². The average molecular weight is 619 g/mol. The molecule has 44 heavy (non-hydrogen) atoms. The molecule has 3 aliphatic heterocycles. The van der Waals surface area contributed by atoms with E-state index < -0.39 is 41.0 Å². The van der Waals surface area contributed by atoms with Gasteiger partial charge in [0.1, 0.15) is 0 Å². The molecular weight excluding hydrogens is 586 g/mol. The molecule has 3 saturated heterocycles. The average Bonchev–Trinajstić information content (AvgIpc) is 3.15. The normalized spacial score (nSPS) is 22.7. The quantitative estimate of drug-likeness (QED) is 0.267. The maximum Gasteiger partial charge on any atom is 0.416 e. The van der Waals surface area contributed by atoms with Crippen molar-refractivity contribution in [3.05, 3.63) is 76.7 Å². The zero-order valence-electron chi connectivity index (χ0n) is 23.8. The molecule has 2 aromatic carbocycles. The highest BCUT2D eigenvalue weighted by Crippen LogP contribution is 2.38. The van der Waals surface area contributed by atoms with Crippen LogP contribution in [0, 0.1) is 11.8 Å². The monoisotopic (exact) mass is 618 g/mol. The van der Waals surface area contributed by atoms with Gasteiger partial charge in [-0.1, -0.05) is 18.2 Å². The minimum atomic E-state index is -5.07. The lowest BCUT2D eigenvalue weighted by Gasteiger charge is -2.44. The lowest BCUT2D eigenvalue weighted by Crippen LogP contribution is -2.57. The van der Waals surface area contributed by atoms with Crippen LogP contribution in [0.15, 0.2) is 54.5 Å². The van der Waals surface area contributed by atoms with Crippen LogP contribution in [0.5, 0.6) is 0 Å². The van der Waals surface area contributed by atoms with Gasteiger partial charge in [0.25, 0.3) is 5.91 Å². The van der Waals surface area contributed by atoms with E-state index >= 15 is 0 Å². The number of para-hydroxylation sites is 1. The maximum absolute atomic E-state index is 13.8. The van der Waals surface area contributed by atoms with Crippen molar-refractivity contribution in [1.29, 1.82) is 0 Å². The number of H-pyrrole nitrogens is 1. The fourth-order valence-electron chi connectivity index (χ4n) is 7.08. The van der Waals surface area contributed by atoms with Gasteiger partial charge >= 0.3 is 12.4 Å². The summed E-state index contributed by atoms with van der Waals surface area (Å²) >= 11 is 0. The lowest BCUT2D eigenvalue weighted by atomic mass is 9.84. The van der Waals surface area contributed by atoms with Crippen LogP contribution in [-0.4, -0.2) is 70.3 Å². The second-order valence-corrected chi connectivity index (χ2v) is 12.2. The standard InChI is InChI=1S/C32H32F6N4O2/c33-31(34,35)24-11-22(12-25(14-24)32(36,37)38)30(44)42-10-9-40(29(19-43)41-16-20-5-6-21(17-41)8-7-20)18-26(42)13-23-15-39-28-4-2-1-3-27(23)28/h1-4,11-12,14-15,20-21,26,39H,5-10,13,16-18H2/t20?,21?,26-/m1/s1. The maximum atomic E-state index is 13.8. The summed E-state index contributed by atoms with van der Waals surface area (Å²) < 4.78 is 81.7. The molecule has 12 heteroatoms. The first kappa shape index (κ1) is 30.1. The molecule has 1 saturated carbocycles. The Balaban J connectivity index is 1.34. The predicted molar refractivity (Wildman–Crippen MR) is 151 cm³/mol. The zero-order chi connectivity index (χ0) is 31.2. The summed E-state index contributed by atoms with van der Waals surface area (Å²) in [5, 5.41) is 0.894. The number of piperazine rings is 1. The van der Waals surface area contributed by atoms with Gasteiger partial charge in [-0.15, -0.1) is 0 Å². The number of halogens is 6. The first-order chi connectivity index (χ1) is 20.9. The number of aromatic amines is 1. The van der Waals surface area contributed by atoms with Crippen LogP contribution >= 0.6 is 0 Å². The second-order valence-electron chi connectivity index (χ2n) is 12.2. The van der Waals surface area contributed by atoms with E-state index in [9.17, 15) is 35.9 Å². The van der Waals surface area contributed by atoms with Gasteiger partial charge in [0, 0.05) is 55.4 Å². The number of amides is 1. The molecule has 1 aromatic heterocycles. The molecule has 1 amide bonds. The molecule has 4 heterocycles. The Morgan fingerprint density at radius 1 is 0.841 bits per heavy atom. The zero-order valence-corrected chi connectivity index (χ0v) is 23.8. The van der Waals surface area contributed by atoms with Crippen molar-refractivity contribution in [2.24, 2.45) is 11.8 Å². The Bertz CT molecular complexity index is 1540. The Kier molecular flexibility index (Phi) is 7.90. The summed E-state index contributed by atoms with van der Waals surface area (Å²) in [6.45, 7) is 1.84. The van der Waals surface area contributed by atoms with E-state index in [1.54, 1.807) is 6.20 Å². The van der Waals surface area contributed by atoms with Crippen LogP contribution in [0.1, 0.15) is 52.7 Å². The molecule has 1 aliphatic carbocycles. The van der Waals surface area contributed by atoms with Crippen LogP contribution in [0.3, 0.4) is 0 Å². The van der Waals surface area contributed by atoms with Crippen molar-refractivity contribution < 1.29 is 35.9 Å². The van der Waals surface area contributed by atoms with Crippen molar-refractivity contribution >= 4 is 22.8 Å². The summed E-state index contributed by atoms with van der Waals surface area (Å²) in [4.78, 5) is 34.7. The van der Waals surface area contributed by atoms with Gasteiger partial charge in [0.05, 0.1) is 17.2 Å². The Morgan fingerprint density at radius 3 is 2.05 bits per heavy atom. The van der Waals surface area contributed by atoms with Gasteiger partial charge < -0.3 is 19.7 Å². The molecule has 1 N–H and O–H groups in total. The summed E-state index contributed by atoms with van der Waals surface area (Å²) in [6.07, 6.45) is -3.66. The summed E-state index contributed by atoms with van der Waals surface area (Å²) in [5.41, 5.74) is -2.06. The molecule has 234 valence electrons. The number of aromatic nitrogens is 1. The molecule has 0 unspecified atom stereocenters. The number of alkyl halides is 6. The highest BCUT2D eigenvalue weighted by Gasteiger charge is 2.40. The third-order valence-electron chi connectivity index (χ3n) is 9.32. The van der Waals surface area contributed by atoms with Crippen LogP contribution in [0.2, 0.25) is 0 Å². The number of carbonyl (C=O) groups is 1. The molecule has 4 aliphatic rings. The van der Waals surface area contributed by atoms with Crippen LogP contribution in [0.4, 0.5) is 26.3 Å².